The molecule has 0 spiro atoms. The average molecular weight is 398 g/mol. The van der Waals surface area contributed by atoms with Crippen LogP contribution in [0.4, 0.5) is 11.5 Å². The molecule has 4 aromatic rings. The number of fused-ring (bicyclic) bond motifs is 1. The monoisotopic (exact) mass is 398 g/mol. The molecule has 30 heavy (non-hydrogen) atoms. The average Bonchev–Trinajstić information content (AvgIpc) is 2.78. The van der Waals surface area contributed by atoms with E-state index in [0.29, 0.717) is 23.6 Å². The van der Waals surface area contributed by atoms with Gasteiger partial charge in [0.25, 0.3) is 0 Å². The first-order valence-corrected chi connectivity index (χ1v) is 9.79. The summed E-state index contributed by atoms with van der Waals surface area (Å²) in [5.74, 6) is 2.81. The molecule has 0 aliphatic carbocycles. The van der Waals surface area contributed by atoms with E-state index in [2.05, 4.69) is 15.0 Å². The molecule has 0 atom stereocenters. The van der Waals surface area contributed by atoms with Gasteiger partial charge in [-0.1, -0.05) is 25.1 Å². The van der Waals surface area contributed by atoms with Crippen molar-refractivity contribution in [3.05, 3.63) is 78.4 Å². The largest absolute Gasteiger partial charge is 0.456 e. The van der Waals surface area contributed by atoms with Crippen LogP contribution in [0.1, 0.15) is 29.7 Å². The van der Waals surface area contributed by atoms with Gasteiger partial charge in [0.1, 0.15) is 28.8 Å². The summed E-state index contributed by atoms with van der Waals surface area (Å²) in [5.41, 5.74) is 2.29. The first-order valence-electron chi connectivity index (χ1n) is 9.79. The van der Waals surface area contributed by atoms with Crippen LogP contribution in [0.5, 0.6) is 11.5 Å². The van der Waals surface area contributed by atoms with Gasteiger partial charge in [-0.05, 0) is 43.3 Å². The van der Waals surface area contributed by atoms with Crippen LogP contribution >= 0.6 is 0 Å². The summed E-state index contributed by atoms with van der Waals surface area (Å²) in [6.07, 6.45) is 2.00. The smallest absolute Gasteiger partial charge is 0.180 e. The van der Waals surface area contributed by atoms with Crippen molar-refractivity contribution in [3.8, 4) is 11.5 Å². The Morgan fingerprint density at radius 1 is 1.00 bits per heavy atom. The second-order valence-electron chi connectivity index (χ2n) is 6.93. The number of aromatic nitrogens is 3. The van der Waals surface area contributed by atoms with Gasteiger partial charge in [0.15, 0.2) is 5.78 Å². The van der Waals surface area contributed by atoms with Crippen molar-refractivity contribution in [1.82, 2.24) is 15.0 Å². The van der Waals surface area contributed by atoms with Gasteiger partial charge in [0, 0.05) is 30.6 Å². The van der Waals surface area contributed by atoms with E-state index in [0.717, 1.165) is 28.2 Å². The molecule has 0 saturated carbocycles. The fraction of sp³-hybridized carbons (Fsp3) is 0.167. The third-order valence-electron chi connectivity index (χ3n) is 4.80. The van der Waals surface area contributed by atoms with Crippen LogP contribution < -0.4 is 9.64 Å². The molecule has 0 aliphatic rings. The maximum atomic E-state index is 11.7. The molecule has 0 N–H and O–H groups in total. The van der Waals surface area contributed by atoms with Crippen LogP contribution in [-0.2, 0) is 0 Å². The van der Waals surface area contributed by atoms with E-state index in [9.17, 15) is 4.79 Å². The van der Waals surface area contributed by atoms with Gasteiger partial charge in [0.05, 0.1) is 11.7 Å². The number of rotatable bonds is 6. The predicted molar refractivity (Wildman–Crippen MR) is 118 cm³/mol. The zero-order valence-corrected chi connectivity index (χ0v) is 17.2. The lowest BCUT2D eigenvalue weighted by atomic mass is 10.2. The number of ether oxygens (including phenoxy) is 1. The molecule has 2 aromatic carbocycles. The first-order chi connectivity index (χ1) is 14.5. The number of para-hydroxylation sites is 1. The number of carbonyl (C=O) groups is 1. The molecule has 150 valence electrons. The van der Waals surface area contributed by atoms with Crippen molar-refractivity contribution in [1.29, 1.82) is 0 Å². The van der Waals surface area contributed by atoms with Crippen LogP contribution in [0.2, 0.25) is 0 Å². The summed E-state index contributed by atoms with van der Waals surface area (Å²) < 4.78 is 5.95. The molecule has 0 saturated heterocycles. The summed E-state index contributed by atoms with van der Waals surface area (Å²) in [6, 6.07) is 19.2. The zero-order valence-electron chi connectivity index (χ0n) is 17.2. The summed E-state index contributed by atoms with van der Waals surface area (Å²) in [5, 5.41) is 0.984. The normalized spacial score (nSPS) is 10.8. The van der Waals surface area contributed by atoms with E-state index in [4.69, 9.17) is 4.74 Å². The molecule has 0 radical (unpaired) electrons. The number of ketones is 1. The number of benzene rings is 2. The zero-order chi connectivity index (χ0) is 21.1. The maximum Gasteiger partial charge on any atom is 0.180 e. The summed E-state index contributed by atoms with van der Waals surface area (Å²) in [7, 11) is 1.97. The van der Waals surface area contributed by atoms with Gasteiger partial charge >= 0.3 is 0 Å². The highest BCUT2D eigenvalue weighted by Gasteiger charge is 2.13. The number of carbonyl (C=O) groups excluding carboxylic acids is 1. The molecule has 4 rings (SSSR count). The van der Waals surface area contributed by atoms with Crippen molar-refractivity contribution >= 4 is 28.2 Å². The molecule has 6 heteroatoms. The topological polar surface area (TPSA) is 68.2 Å². The number of Topliss-reactive ketones (excluding diaryl/α,β-unsaturated/α-hetero) is 1. The van der Waals surface area contributed by atoms with E-state index in [1.807, 2.05) is 74.3 Å². The fourth-order valence-electron chi connectivity index (χ4n) is 3.23. The van der Waals surface area contributed by atoms with Crippen LogP contribution in [0.15, 0.2) is 66.9 Å². The van der Waals surface area contributed by atoms with Crippen molar-refractivity contribution in [3.63, 3.8) is 0 Å². The third kappa shape index (κ3) is 3.98. The molecule has 0 aliphatic heterocycles. The second-order valence-corrected chi connectivity index (χ2v) is 6.93. The Balaban J connectivity index is 1.62. The van der Waals surface area contributed by atoms with E-state index < -0.39 is 0 Å². The number of hydrogen-bond donors (Lipinski definition) is 0. The Morgan fingerprint density at radius 3 is 2.60 bits per heavy atom. The van der Waals surface area contributed by atoms with Crippen LogP contribution in [0.3, 0.4) is 0 Å². The Hall–Kier alpha value is -3.80. The van der Waals surface area contributed by atoms with Crippen molar-refractivity contribution in [2.24, 2.45) is 0 Å². The molecule has 0 amide bonds. The van der Waals surface area contributed by atoms with Crippen LogP contribution in [-0.4, -0.2) is 27.8 Å². The minimum absolute atomic E-state index is 0.0116. The van der Waals surface area contributed by atoms with Crippen LogP contribution in [0.25, 0.3) is 10.9 Å². The molecular formula is C24H22N4O2. The maximum absolute atomic E-state index is 11.7. The summed E-state index contributed by atoms with van der Waals surface area (Å²) >= 11 is 0. The number of hydrogen-bond acceptors (Lipinski definition) is 6. The highest BCUT2D eigenvalue weighted by molar-refractivity contribution is 5.94. The Labute approximate surface area is 175 Å². The quantitative estimate of drug-likeness (QED) is 0.400. The highest BCUT2D eigenvalue weighted by Crippen LogP contribution is 2.31. The van der Waals surface area contributed by atoms with E-state index in [1.165, 1.54) is 0 Å². The molecule has 2 aromatic heterocycles. The molecule has 0 unspecified atom stereocenters. The lowest BCUT2D eigenvalue weighted by Crippen LogP contribution is -2.13. The Kier molecular flexibility index (Phi) is 5.39. The SMILES string of the molecule is CCC(=O)c1ccc(Oc2cccc(N(C)c3nc(C)nc4ccccc34)c2)cn1. The lowest BCUT2D eigenvalue weighted by Gasteiger charge is -2.21. The molecule has 6 nitrogen and oxygen atoms in total. The number of pyridine rings is 1. The molecular weight excluding hydrogens is 376 g/mol. The molecule has 0 fully saturated rings. The molecule has 2 heterocycles. The second kappa shape index (κ2) is 8.29. The highest BCUT2D eigenvalue weighted by atomic mass is 16.5. The standard InChI is InChI=1S/C24H22N4O2/c1-4-23(29)22-13-12-19(15-25-22)30-18-9-7-8-17(14-18)28(3)24-20-10-5-6-11-21(20)26-16(2)27-24/h5-15H,4H2,1-3H3. The van der Waals surface area contributed by atoms with Crippen molar-refractivity contribution in [2.45, 2.75) is 20.3 Å². The van der Waals surface area contributed by atoms with Gasteiger partial charge in [-0.3, -0.25) is 4.79 Å². The van der Waals surface area contributed by atoms with E-state index >= 15 is 0 Å². The van der Waals surface area contributed by atoms with Crippen LogP contribution in [0, 0.1) is 6.92 Å². The Bertz CT molecular complexity index is 1210. The predicted octanol–water partition coefficient (Wildman–Crippen LogP) is 5.49. The number of anilines is 2. The van der Waals surface area contributed by atoms with E-state index in [1.54, 1.807) is 18.3 Å². The Morgan fingerprint density at radius 2 is 1.83 bits per heavy atom. The number of aryl methyl sites for hydroxylation is 1. The minimum atomic E-state index is 0.0116. The van der Waals surface area contributed by atoms with Crippen molar-refractivity contribution < 1.29 is 9.53 Å². The van der Waals surface area contributed by atoms with Gasteiger partial charge in [-0.15, -0.1) is 0 Å². The summed E-state index contributed by atoms with van der Waals surface area (Å²) in [6.45, 7) is 3.71. The lowest BCUT2D eigenvalue weighted by molar-refractivity contribution is 0.0983. The van der Waals surface area contributed by atoms with E-state index in [-0.39, 0.29) is 5.78 Å². The third-order valence-corrected chi connectivity index (χ3v) is 4.80. The first kappa shape index (κ1) is 19.5. The minimum Gasteiger partial charge on any atom is -0.456 e. The van der Waals surface area contributed by atoms with Crippen molar-refractivity contribution in [2.75, 3.05) is 11.9 Å². The van der Waals surface area contributed by atoms with Gasteiger partial charge in [-0.2, -0.15) is 0 Å². The van der Waals surface area contributed by atoms with Gasteiger partial charge in [-0.25, -0.2) is 15.0 Å². The fourth-order valence-corrected chi connectivity index (χ4v) is 3.23. The summed E-state index contributed by atoms with van der Waals surface area (Å²) in [4.78, 5) is 27.1. The number of nitrogens with zero attached hydrogens (tertiary/aromatic N) is 4. The van der Waals surface area contributed by atoms with Gasteiger partial charge < -0.3 is 9.64 Å². The van der Waals surface area contributed by atoms with Gasteiger partial charge in [0.2, 0.25) is 0 Å². The molecule has 0 bridgehead atoms.